The van der Waals surface area contributed by atoms with Gasteiger partial charge in [0.05, 0.1) is 0 Å². The maximum absolute atomic E-state index is 12.1. The smallest absolute Gasteiger partial charge is 0.225 e. The Balaban J connectivity index is 1.85. The summed E-state index contributed by atoms with van der Waals surface area (Å²) in [7, 11) is 2.10. The van der Waals surface area contributed by atoms with E-state index in [-0.39, 0.29) is 12.0 Å². The van der Waals surface area contributed by atoms with Gasteiger partial charge in [0, 0.05) is 38.1 Å². The number of carbonyl (C=O) groups excluding carboxylic acids is 1. The van der Waals surface area contributed by atoms with Gasteiger partial charge in [-0.15, -0.1) is 0 Å². The fraction of sp³-hybridized carbons (Fsp3) is 0.909. The minimum Gasteiger partial charge on any atom is -0.340 e. The van der Waals surface area contributed by atoms with Crippen molar-refractivity contribution in [3.8, 4) is 0 Å². The first kappa shape index (κ1) is 10.9. The highest BCUT2D eigenvalue weighted by molar-refractivity contribution is 5.79. The number of piperazine rings is 1. The molecule has 0 unspecified atom stereocenters. The summed E-state index contributed by atoms with van der Waals surface area (Å²) >= 11 is 0. The topological polar surface area (TPSA) is 49.6 Å². The van der Waals surface area contributed by atoms with Gasteiger partial charge in [-0.25, -0.2) is 0 Å². The molecule has 2 N–H and O–H groups in total. The van der Waals surface area contributed by atoms with E-state index < -0.39 is 0 Å². The number of nitrogens with zero attached hydrogens (tertiary/aromatic N) is 2. The van der Waals surface area contributed by atoms with Gasteiger partial charge in [0.25, 0.3) is 0 Å². The van der Waals surface area contributed by atoms with Crippen LogP contribution in [0.2, 0.25) is 0 Å². The summed E-state index contributed by atoms with van der Waals surface area (Å²) in [6.07, 6.45) is 2.90. The summed E-state index contributed by atoms with van der Waals surface area (Å²) in [5.41, 5.74) is 5.84. The van der Waals surface area contributed by atoms with Crippen LogP contribution in [0.4, 0.5) is 0 Å². The summed E-state index contributed by atoms with van der Waals surface area (Å²) in [4.78, 5) is 16.4. The van der Waals surface area contributed by atoms with Crippen LogP contribution in [0.25, 0.3) is 0 Å². The van der Waals surface area contributed by atoms with Gasteiger partial charge in [0.1, 0.15) is 0 Å². The fourth-order valence-electron chi connectivity index (χ4n) is 2.53. The molecule has 2 aliphatic rings. The van der Waals surface area contributed by atoms with Crippen molar-refractivity contribution in [2.75, 3.05) is 33.2 Å². The van der Waals surface area contributed by atoms with Crippen LogP contribution >= 0.6 is 0 Å². The molecule has 0 aromatic heterocycles. The lowest BCUT2D eigenvalue weighted by Crippen LogP contribution is -2.48. The Morgan fingerprint density at radius 2 is 1.87 bits per heavy atom. The first-order chi connectivity index (χ1) is 7.16. The molecule has 4 nitrogen and oxygen atoms in total. The minimum absolute atomic E-state index is 0.211. The molecule has 1 amide bonds. The van der Waals surface area contributed by atoms with Crippen molar-refractivity contribution in [2.45, 2.75) is 25.3 Å². The van der Waals surface area contributed by atoms with E-state index in [1.807, 2.05) is 4.90 Å². The highest BCUT2D eigenvalue weighted by Gasteiger charge is 2.31. The minimum atomic E-state index is 0.211. The molecule has 2 atom stereocenters. The van der Waals surface area contributed by atoms with Crippen LogP contribution in [0.15, 0.2) is 0 Å². The molecule has 86 valence electrons. The molecule has 4 heteroatoms. The summed E-state index contributed by atoms with van der Waals surface area (Å²) in [6, 6.07) is 0.256. The van der Waals surface area contributed by atoms with E-state index in [0.29, 0.717) is 5.91 Å². The highest BCUT2D eigenvalue weighted by Crippen LogP contribution is 2.26. The number of hydrogen-bond acceptors (Lipinski definition) is 3. The van der Waals surface area contributed by atoms with E-state index in [1.54, 1.807) is 0 Å². The first-order valence-electron chi connectivity index (χ1n) is 5.89. The Bertz CT molecular complexity index is 236. The van der Waals surface area contributed by atoms with Crippen LogP contribution in [0.3, 0.4) is 0 Å². The van der Waals surface area contributed by atoms with Gasteiger partial charge in [0.2, 0.25) is 5.91 Å². The molecule has 1 aliphatic carbocycles. The molecule has 0 aromatic rings. The molecule has 1 saturated heterocycles. The van der Waals surface area contributed by atoms with Crippen molar-refractivity contribution in [1.82, 2.24) is 9.80 Å². The maximum Gasteiger partial charge on any atom is 0.225 e. The average Bonchev–Trinajstić information content (AvgIpc) is 2.65. The van der Waals surface area contributed by atoms with Gasteiger partial charge in [-0.3, -0.25) is 4.79 Å². The number of nitrogens with two attached hydrogens (primary N) is 1. The molecule has 0 radical (unpaired) electrons. The van der Waals surface area contributed by atoms with E-state index in [0.717, 1.165) is 45.4 Å². The number of amides is 1. The summed E-state index contributed by atoms with van der Waals surface area (Å²) in [5, 5.41) is 0. The van der Waals surface area contributed by atoms with Crippen LogP contribution in [0, 0.1) is 5.92 Å². The third-order valence-corrected chi connectivity index (χ3v) is 3.64. The van der Waals surface area contributed by atoms with Crippen molar-refractivity contribution < 1.29 is 4.79 Å². The van der Waals surface area contributed by atoms with Crippen LogP contribution in [0.1, 0.15) is 19.3 Å². The lowest BCUT2D eigenvalue weighted by molar-refractivity contribution is -0.136. The predicted octanol–water partition coefficient (Wildman–Crippen LogP) is -0.112. The largest absolute Gasteiger partial charge is 0.340 e. The molecule has 2 rings (SSSR count). The normalized spacial score (nSPS) is 33.3. The summed E-state index contributed by atoms with van der Waals surface area (Å²) < 4.78 is 0. The van der Waals surface area contributed by atoms with Crippen LogP contribution in [-0.2, 0) is 4.79 Å². The molecule has 2 fully saturated rings. The Hall–Kier alpha value is -0.610. The van der Waals surface area contributed by atoms with Gasteiger partial charge in [0.15, 0.2) is 0 Å². The van der Waals surface area contributed by atoms with Crippen molar-refractivity contribution in [1.29, 1.82) is 0 Å². The Labute approximate surface area is 91.4 Å². The Morgan fingerprint density at radius 3 is 2.40 bits per heavy atom. The first-order valence-corrected chi connectivity index (χ1v) is 5.89. The van der Waals surface area contributed by atoms with Gasteiger partial charge in [-0.1, -0.05) is 0 Å². The second-order valence-corrected chi connectivity index (χ2v) is 4.90. The zero-order chi connectivity index (χ0) is 10.8. The van der Waals surface area contributed by atoms with E-state index in [1.165, 1.54) is 0 Å². The highest BCUT2D eigenvalue weighted by atomic mass is 16.2. The number of hydrogen-bond donors (Lipinski definition) is 1. The Kier molecular flexibility index (Phi) is 3.26. The number of carbonyl (C=O) groups is 1. The second kappa shape index (κ2) is 4.49. The lowest BCUT2D eigenvalue weighted by Gasteiger charge is -2.34. The molecule has 0 aromatic carbocycles. The average molecular weight is 211 g/mol. The Morgan fingerprint density at radius 1 is 1.20 bits per heavy atom. The zero-order valence-electron chi connectivity index (χ0n) is 9.48. The van der Waals surface area contributed by atoms with Crippen molar-refractivity contribution in [3.63, 3.8) is 0 Å². The third kappa shape index (κ3) is 2.49. The van der Waals surface area contributed by atoms with Crippen molar-refractivity contribution in [2.24, 2.45) is 11.7 Å². The molecular formula is C11H21N3O. The second-order valence-electron chi connectivity index (χ2n) is 4.90. The van der Waals surface area contributed by atoms with Gasteiger partial charge in [-0.2, -0.15) is 0 Å². The van der Waals surface area contributed by atoms with Gasteiger partial charge in [-0.05, 0) is 26.3 Å². The maximum atomic E-state index is 12.1. The quantitative estimate of drug-likeness (QED) is 0.658. The van der Waals surface area contributed by atoms with E-state index in [9.17, 15) is 4.79 Å². The molecule has 1 aliphatic heterocycles. The van der Waals surface area contributed by atoms with Gasteiger partial charge >= 0.3 is 0 Å². The zero-order valence-corrected chi connectivity index (χ0v) is 9.48. The number of rotatable bonds is 1. The standard InChI is InChI=1S/C11H21N3O/c1-13-4-6-14(7-5-13)11(15)9-2-3-10(12)8-9/h9-10H,2-8,12H2,1H3/t9-,10+/m1/s1. The predicted molar refractivity (Wildman–Crippen MR) is 59.4 cm³/mol. The third-order valence-electron chi connectivity index (χ3n) is 3.64. The lowest BCUT2D eigenvalue weighted by atomic mass is 10.1. The SMILES string of the molecule is CN1CCN(C(=O)[C@@H]2CC[C@H](N)C2)CC1. The number of likely N-dealkylation sites (N-methyl/N-ethyl adjacent to an activating group) is 1. The fourth-order valence-corrected chi connectivity index (χ4v) is 2.53. The molecule has 0 spiro atoms. The molecular weight excluding hydrogens is 190 g/mol. The van der Waals surface area contributed by atoms with Gasteiger partial charge < -0.3 is 15.5 Å². The monoisotopic (exact) mass is 211 g/mol. The van der Waals surface area contributed by atoms with Crippen LogP contribution in [0.5, 0.6) is 0 Å². The molecule has 1 heterocycles. The van der Waals surface area contributed by atoms with Crippen molar-refractivity contribution >= 4 is 5.91 Å². The van der Waals surface area contributed by atoms with E-state index in [4.69, 9.17) is 5.73 Å². The van der Waals surface area contributed by atoms with Crippen LogP contribution in [-0.4, -0.2) is 55.0 Å². The van der Waals surface area contributed by atoms with Crippen LogP contribution < -0.4 is 5.73 Å². The van der Waals surface area contributed by atoms with E-state index in [2.05, 4.69) is 11.9 Å². The molecule has 15 heavy (non-hydrogen) atoms. The van der Waals surface area contributed by atoms with Crippen molar-refractivity contribution in [3.05, 3.63) is 0 Å². The molecule has 1 saturated carbocycles. The summed E-state index contributed by atoms with van der Waals surface area (Å²) in [5.74, 6) is 0.555. The molecule has 0 bridgehead atoms. The summed E-state index contributed by atoms with van der Waals surface area (Å²) in [6.45, 7) is 3.79. The van der Waals surface area contributed by atoms with E-state index >= 15 is 0 Å².